The maximum Gasteiger partial charge on any atom is 0.163 e. The van der Waals surface area contributed by atoms with Crippen molar-refractivity contribution in [1.82, 2.24) is 19.7 Å². The molecule has 1 unspecified atom stereocenters. The van der Waals surface area contributed by atoms with Crippen LogP contribution in [-0.2, 0) is 6.54 Å². The lowest BCUT2D eigenvalue weighted by molar-refractivity contribution is 0.197. The summed E-state index contributed by atoms with van der Waals surface area (Å²) in [6.45, 7) is 2.85. The maximum absolute atomic E-state index is 10.1. The first-order chi connectivity index (χ1) is 7.83. The third-order valence-corrected chi connectivity index (χ3v) is 2.30. The van der Waals surface area contributed by atoms with E-state index < -0.39 is 6.10 Å². The van der Waals surface area contributed by atoms with E-state index in [0.29, 0.717) is 5.82 Å². The average molecular weight is 218 g/mol. The molecule has 0 saturated carbocycles. The van der Waals surface area contributed by atoms with Gasteiger partial charge in [-0.2, -0.15) is 5.10 Å². The Morgan fingerprint density at radius 2 is 2.06 bits per heavy atom. The SMILES string of the molecule is CCCn1nccc1C(O)c1ncccn1. The van der Waals surface area contributed by atoms with Gasteiger partial charge in [0.1, 0.15) is 0 Å². The fourth-order valence-electron chi connectivity index (χ4n) is 1.56. The molecular weight excluding hydrogens is 204 g/mol. The van der Waals surface area contributed by atoms with E-state index in [0.717, 1.165) is 18.7 Å². The van der Waals surface area contributed by atoms with Gasteiger partial charge in [0, 0.05) is 25.1 Å². The predicted molar refractivity (Wildman–Crippen MR) is 58.6 cm³/mol. The summed E-state index contributed by atoms with van der Waals surface area (Å²) < 4.78 is 1.78. The van der Waals surface area contributed by atoms with Crippen LogP contribution in [-0.4, -0.2) is 24.9 Å². The number of aliphatic hydroxyl groups is 1. The van der Waals surface area contributed by atoms with Crippen molar-refractivity contribution in [1.29, 1.82) is 0 Å². The normalized spacial score (nSPS) is 12.6. The first-order valence-electron chi connectivity index (χ1n) is 5.29. The first kappa shape index (κ1) is 10.8. The number of nitrogens with zero attached hydrogens (tertiary/aromatic N) is 4. The van der Waals surface area contributed by atoms with Crippen LogP contribution in [0.5, 0.6) is 0 Å². The summed E-state index contributed by atoms with van der Waals surface area (Å²) in [4.78, 5) is 8.07. The third kappa shape index (κ3) is 2.09. The zero-order valence-corrected chi connectivity index (χ0v) is 9.11. The highest BCUT2D eigenvalue weighted by Gasteiger charge is 2.16. The van der Waals surface area contributed by atoms with Gasteiger partial charge in [0.15, 0.2) is 11.9 Å². The molecule has 0 fully saturated rings. The number of aryl methyl sites for hydroxylation is 1. The lowest BCUT2D eigenvalue weighted by atomic mass is 10.2. The molecule has 0 saturated heterocycles. The van der Waals surface area contributed by atoms with E-state index in [9.17, 15) is 5.11 Å². The molecule has 5 heteroatoms. The van der Waals surface area contributed by atoms with Gasteiger partial charge in [-0.15, -0.1) is 0 Å². The number of aliphatic hydroxyl groups excluding tert-OH is 1. The largest absolute Gasteiger partial charge is 0.379 e. The van der Waals surface area contributed by atoms with Crippen molar-refractivity contribution in [3.8, 4) is 0 Å². The van der Waals surface area contributed by atoms with Crippen LogP contribution in [0.4, 0.5) is 0 Å². The molecule has 0 amide bonds. The van der Waals surface area contributed by atoms with Crippen LogP contribution in [0.25, 0.3) is 0 Å². The lowest BCUT2D eigenvalue weighted by Crippen LogP contribution is -2.12. The van der Waals surface area contributed by atoms with Gasteiger partial charge in [0.2, 0.25) is 0 Å². The van der Waals surface area contributed by atoms with E-state index in [2.05, 4.69) is 22.0 Å². The molecule has 0 radical (unpaired) electrons. The Balaban J connectivity index is 2.27. The molecule has 0 spiro atoms. The van der Waals surface area contributed by atoms with Crippen LogP contribution in [0.2, 0.25) is 0 Å². The van der Waals surface area contributed by atoms with Crippen molar-refractivity contribution in [3.63, 3.8) is 0 Å². The number of aromatic nitrogens is 4. The number of hydrogen-bond donors (Lipinski definition) is 1. The topological polar surface area (TPSA) is 63.8 Å². The molecule has 0 aliphatic heterocycles. The highest BCUT2D eigenvalue weighted by Crippen LogP contribution is 2.17. The molecule has 0 bridgehead atoms. The molecule has 5 nitrogen and oxygen atoms in total. The standard InChI is InChI=1S/C11H14N4O/c1-2-8-15-9(4-7-14-15)10(16)11-12-5-3-6-13-11/h3-7,10,16H,2,8H2,1H3. The molecule has 84 valence electrons. The molecule has 0 aliphatic rings. The van der Waals surface area contributed by atoms with Crippen LogP contribution in [0.1, 0.15) is 31.0 Å². The van der Waals surface area contributed by atoms with Crippen LogP contribution >= 0.6 is 0 Å². The molecule has 2 rings (SSSR count). The van der Waals surface area contributed by atoms with Crippen LogP contribution in [0, 0.1) is 0 Å². The summed E-state index contributed by atoms with van der Waals surface area (Å²) in [5, 5.41) is 14.3. The molecule has 2 aromatic rings. The summed E-state index contributed by atoms with van der Waals surface area (Å²) in [6, 6.07) is 3.51. The average Bonchev–Trinajstić information content (AvgIpc) is 2.78. The monoisotopic (exact) mass is 218 g/mol. The zero-order valence-electron chi connectivity index (χ0n) is 9.11. The Labute approximate surface area is 93.8 Å². The fraction of sp³-hybridized carbons (Fsp3) is 0.364. The quantitative estimate of drug-likeness (QED) is 0.836. The minimum Gasteiger partial charge on any atom is -0.379 e. The van der Waals surface area contributed by atoms with Crippen LogP contribution < -0.4 is 0 Å². The van der Waals surface area contributed by atoms with Gasteiger partial charge in [-0.3, -0.25) is 4.68 Å². The van der Waals surface area contributed by atoms with Crippen LogP contribution in [0.15, 0.2) is 30.7 Å². The Bertz CT molecular complexity index is 440. The summed E-state index contributed by atoms with van der Waals surface area (Å²) in [6.07, 6.45) is 5.07. The predicted octanol–water partition coefficient (Wildman–Crippen LogP) is 1.16. The van der Waals surface area contributed by atoms with E-state index >= 15 is 0 Å². The Morgan fingerprint density at radius 1 is 1.31 bits per heavy atom. The van der Waals surface area contributed by atoms with Gasteiger partial charge < -0.3 is 5.11 Å². The second-order valence-electron chi connectivity index (χ2n) is 3.49. The summed E-state index contributed by atoms with van der Waals surface area (Å²) in [5.41, 5.74) is 0.730. The fourth-order valence-corrected chi connectivity index (χ4v) is 1.56. The molecule has 16 heavy (non-hydrogen) atoms. The van der Waals surface area contributed by atoms with Gasteiger partial charge in [0.25, 0.3) is 0 Å². The molecule has 1 N–H and O–H groups in total. The highest BCUT2D eigenvalue weighted by molar-refractivity contribution is 5.13. The van der Waals surface area contributed by atoms with Gasteiger partial charge in [-0.05, 0) is 18.6 Å². The highest BCUT2D eigenvalue weighted by atomic mass is 16.3. The minimum absolute atomic E-state index is 0.403. The molecule has 0 aliphatic carbocycles. The molecule has 2 heterocycles. The Hall–Kier alpha value is -1.75. The first-order valence-corrected chi connectivity index (χ1v) is 5.29. The van der Waals surface area contributed by atoms with Crippen molar-refractivity contribution in [2.24, 2.45) is 0 Å². The second kappa shape index (κ2) is 4.85. The smallest absolute Gasteiger partial charge is 0.163 e. The van der Waals surface area contributed by atoms with Gasteiger partial charge in [-0.1, -0.05) is 6.92 Å². The van der Waals surface area contributed by atoms with Crippen molar-refractivity contribution in [2.45, 2.75) is 26.0 Å². The van der Waals surface area contributed by atoms with Gasteiger partial charge in [-0.25, -0.2) is 9.97 Å². The van der Waals surface area contributed by atoms with E-state index in [1.807, 2.05) is 0 Å². The summed E-state index contributed by atoms with van der Waals surface area (Å²) >= 11 is 0. The minimum atomic E-state index is -0.810. The Kier molecular flexibility index (Phi) is 3.26. The number of hydrogen-bond acceptors (Lipinski definition) is 4. The molecule has 0 aromatic carbocycles. The summed E-state index contributed by atoms with van der Waals surface area (Å²) in [5.74, 6) is 0.403. The molecule has 2 aromatic heterocycles. The van der Waals surface area contributed by atoms with E-state index in [1.165, 1.54) is 0 Å². The van der Waals surface area contributed by atoms with Gasteiger partial charge >= 0.3 is 0 Å². The van der Waals surface area contributed by atoms with Crippen molar-refractivity contribution in [3.05, 3.63) is 42.2 Å². The van der Waals surface area contributed by atoms with E-state index in [4.69, 9.17) is 0 Å². The van der Waals surface area contributed by atoms with Crippen molar-refractivity contribution >= 4 is 0 Å². The van der Waals surface area contributed by atoms with E-state index in [1.54, 1.807) is 35.4 Å². The molecular formula is C11H14N4O. The Morgan fingerprint density at radius 3 is 2.75 bits per heavy atom. The van der Waals surface area contributed by atoms with E-state index in [-0.39, 0.29) is 0 Å². The maximum atomic E-state index is 10.1. The zero-order chi connectivity index (χ0) is 11.4. The second-order valence-corrected chi connectivity index (χ2v) is 3.49. The number of rotatable bonds is 4. The van der Waals surface area contributed by atoms with Gasteiger partial charge in [0.05, 0.1) is 5.69 Å². The molecule has 1 atom stereocenters. The van der Waals surface area contributed by atoms with Crippen molar-refractivity contribution in [2.75, 3.05) is 0 Å². The summed E-state index contributed by atoms with van der Waals surface area (Å²) in [7, 11) is 0. The third-order valence-electron chi connectivity index (χ3n) is 2.30. The van der Waals surface area contributed by atoms with Crippen LogP contribution in [0.3, 0.4) is 0 Å². The van der Waals surface area contributed by atoms with Crippen molar-refractivity contribution < 1.29 is 5.11 Å². The lowest BCUT2D eigenvalue weighted by Gasteiger charge is -2.11.